The van der Waals surface area contributed by atoms with Crippen LogP contribution < -0.4 is 10.1 Å². The Hall–Kier alpha value is -1.51. The highest BCUT2D eigenvalue weighted by atomic mass is 16.5. The Kier molecular flexibility index (Phi) is 4.36. The molecule has 1 N–H and O–H groups in total. The Balaban J connectivity index is 2.32. The largest absolute Gasteiger partial charge is 0.487 e. The smallest absolute Gasteiger partial charge is 0.223 e. The first-order valence-corrected chi connectivity index (χ1v) is 7.59. The molecule has 1 aromatic carbocycles. The van der Waals surface area contributed by atoms with E-state index in [2.05, 4.69) is 25.2 Å². The van der Waals surface area contributed by atoms with Crippen molar-refractivity contribution >= 4 is 5.91 Å². The van der Waals surface area contributed by atoms with E-state index in [1.54, 1.807) is 0 Å². The molecule has 1 heterocycles. The molecule has 3 heteroatoms. The maximum Gasteiger partial charge on any atom is 0.223 e. The van der Waals surface area contributed by atoms with E-state index in [9.17, 15) is 4.79 Å². The van der Waals surface area contributed by atoms with Gasteiger partial charge in [-0.1, -0.05) is 45.9 Å². The Labute approximate surface area is 121 Å². The zero-order valence-corrected chi connectivity index (χ0v) is 12.9. The maximum absolute atomic E-state index is 12.1. The van der Waals surface area contributed by atoms with E-state index in [1.807, 2.05) is 32.0 Å². The van der Waals surface area contributed by atoms with Gasteiger partial charge in [0.05, 0.1) is 6.04 Å². The molecule has 0 aliphatic carbocycles. The van der Waals surface area contributed by atoms with Gasteiger partial charge in [0.15, 0.2) is 0 Å². The second-order valence-electron chi connectivity index (χ2n) is 5.95. The lowest BCUT2D eigenvalue weighted by atomic mass is 9.83. The number of nitrogens with one attached hydrogen (secondary N) is 1. The monoisotopic (exact) mass is 275 g/mol. The fourth-order valence-corrected chi connectivity index (χ4v) is 2.77. The predicted molar refractivity (Wildman–Crippen MR) is 80.7 cm³/mol. The molecule has 0 fully saturated rings. The highest BCUT2D eigenvalue weighted by Crippen LogP contribution is 2.42. The van der Waals surface area contributed by atoms with Gasteiger partial charge in [0.1, 0.15) is 11.4 Å². The third-order valence-electron chi connectivity index (χ3n) is 4.33. The van der Waals surface area contributed by atoms with Crippen LogP contribution in [0.4, 0.5) is 0 Å². The molecule has 0 radical (unpaired) electrons. The van der Waals surface area contributed by atoms with Crippen LogP contribution in [-0.4, -0.2) is 11.5 Å². The minimum atomic E-state index is -0.163. The molecule has 1 aliphatic heterocycles. The molecule has 0 saturated heterocycles. The van der Waals surface area contributed by atoms with E-state index in [0.29, 0.717) is 0 Å². The van der Waals surface area contributed by atoms with Crippen molar-refractivity contribution in [2.24, 2.45) is 5.92 Å². The van der Waals surface area contributed by atoms with Crippen LogP contribution in [-0.2, 0) is 4.79 Å². The van der Waals surface area contributed by atoms with Gasteiger partial charge >= 0.3 is 0 Å². The summed E-state index contributed by atoms with van der Waals surface area (Å²) in [4.78, 5) is 12.1. The summed E-state index contributed by atoms with van der Waals surface area (Å²) in [6.45, 7) is 8.15. The SMILES string of the molecule is CCC1(CC)CC(NC(=O)C(C)C)c2ccccc2O1. The standard InChI is InChI=1S/C17H25NO2/c1-5-17(6-2)11-14(18-16(19)12(3)4)13-9-7-8-10-15(13)20-17/h7-10,12,14H,5-6,11H2,1-4H3,(H,18,19). The van der Waals surface area contributed by atoms with Gasteiger partial charge in [-0.15, -0.1) is 0 Å². The second-order valence-corrected chi connectivity index (χ2v) is 5.95. The number of rotatable bonds is 4. The number of hydrogen-bond donors (Lipinski definition) is 1. The summed E-state index contributed by atoms with van der Waals surface area (Å²) in [5, 5.41) is 3.18. The number of ether oxygens (including phenoxy) is 1. The number of carbonyl (C=O) groups is 1. The van der Waals surface area contributed by atoms with Crippen molar-refractivity contribution in [3.8, 4) is 5.75 Å². The molecule has 0 spiro atoms. The molecule has 0 aromatic heterocycles. The third kappa shape index (κ3) is 2.82. The van der Waals surface area contributed by atoms with Crippen LogP contribution in [0.5, 0.6) is 5.75 Å². The first-order chi connectivity index (χ1) is 9.51. The van der Waals surface area contributed by atoms with Gasteiger partial charge in [-0.25, -0.2) is 0 Å². The summed E-state index contributed by atoms with van der Waals surface area (Å²) in [5.41, 5.74) is 0.933. The number of hydrogen-bond acceptors (Lipinski definition) is 2. The first kappa shape index (κ1) is 14.9. The molecule has 3 nitrogen and oxygen atoms in total. The lowest BCUT2D eigenvalue weighted by molar-refractivity contribution is -0.125. The van der Waals surface area contributed by atoms with E-state index in [-0.39, 0.29) is 23.5 Å². The van der Waals surface area contributed by atoms with Gasteiger partial charge in [-0.05, 0) is 18.9 Å². The van der Waals surface area contributed by atoms with E-state index >= 15 is 0 Å². The summed E-state index contributed by atoms with van der Waals surface area (Å²) in [5.74, 6) is 1.02. The lowest BCUT2D eigenvalue weighted by Gasteiger charge is -2.41. The molecule has 0 bridgehead atoms. The molecule has 20 heavy (non-hydrogen) atoms. The minimum Gasteiger partial charge on any atom is -0.487 e. The van der Waals surface area contributed by atoms with Crippen molar-refractivity contribution in [3.05, 3.63) is 29.8 Å². The second kappa shape index (κ2) is 5.86. The molecule has 1 aromatic rings. The maximum atomic E-state index is 12.1. The predicted octanol–water partition coefficient (Wildman–Crippen LogP) is 3.84. The molecule has 1 aliphatic rings. The Bertz CT molecular complexity index is 478. The normalized spacial score (nSPS) is 20.1. The number of fused-ring (bicyclic) bond motifs is 1. The molecule has 110 valence electrons. The fourth-order valence-electron chi connectivity index (χ4n) is 2.77. The van der Waals surface area contributed by atoms with Crippen LogP contribution in [0.3, 0.4) is 0 Å². The highest BCUT2D eigenvalue weighted by Gasteiger charge is 2.38. The molecule has 2 rings (SSSR count). The molecule has 1 amide bonds. The van der Waals surface area contributed by atoms with Gasteiger partial charge in [-0.2, -0.15) is 0 Å². The molecule has 1 atom stereocenters. The van der Waals surface area contributed by atoms with Crippen molar-refractivity contribution in [3.63, 3.8) is 0 Å². The Morgan fingerprint density at radius 2 is 2.00 bits per heavy atom. The summed E-state index contributed by atoms with van der Waals surface area (Å²) < 4.78 is 6.24. The molecular formula is C17H25NO2. The average Bonchev–Trinajstić information content (AvgIpc) is 2.46. The Morgan fingerprint density at radius 3 is 2.60 bits per heavy atom. The van der Waals surface area contributed by atoms with Gasteiger partial charge in [-0.3, -0.25) is 4.79 Å². The summed E-state index contributed by atoms with van der Waals surface area (Å²) in [6.07, 6.45) is 2.74. The average molecular weight is 275 g/mol. The van der Waals surface area contributed by atoms with Crippen LogP contribution in [0.2, 0.25) is 0 Å². The first-order valence-electron chi connectivity index (χ1n) is 7.59. The van der Waals surface area contributed by atoms with Crippen molar-refractivity contribution in [2.75, 3.05) is 0 Å². The van der Waals surface area contributed by atoms with Gasteiger partial charge < -0.3 is 10.1 Å². The molecule has 1 unspecified atom stereocenters. The van der Waals surface area contributed by atoms with Crippen molar-refractivity contribution in [1.82, 2.24) is 5.32 Å². The van der Waals surface area contributed by atoms with Crippen molar-refractivity contribution in [2.45, 2.75) is 58.6 Å². The number of amides is 1. The quantitative estimate of drug-likeness (QED) is 0.906. The minimum absolute atomic E-state index is 0.00246. The Morgan fingerprint density at radius 1 is 1.35 bits per heavy atom. The number of para-hydroxylation sites is 1. The van der Waals surface area contributed by atoms with Gasteiger partial charge in [0.25, 0.3) is 0 Å². The van der Waals surface area contributed by atoms with E-state index < -0.39 is 0 Å². The van der Waals surface area contributed by atoms with Crippen molar-refractivity contribution < 1.29 is 9.53 Å². The van der Waals surface area contributed by atoms with Crippen LogP contribution in [0.25, 0.3) is 0 Å². The lowest BCUT2D eigenvalue weighted by Crippen LogP contribution is -2.45. The number of benzene rings is 1. The molecular weight excluding hydrogens is 250 g/mol. The zero-order chi connectivity index (χ0) is 14.8. The van der Waals surface area contributed by atoms with Gasteiger partial charge in [0.2, 0.25) is 5.91 Å². The van der Waals surface area contributed by atoms with E-state index in [4.69, 9.17) is 4.74 Å². The summed E-state index contributed by atoms with van der Waals surface area (Å²) >= 11 is 0. The van der Waals surface area contributed by atoms with Crippen LogP contribution >= 0.6 is 0 Å². The van der Waals surface area contributed by atoms with Crippen LogP contribution in [0.15, 0.2) is 24.3 Å². The fraction of sp³-hybridized carbons (Fsp3) is 0.588. The third-order valence-corrected chi connectivity index (χ3v) is 4.33. The number of carbonyl (C=O) groups excluding carboxylic acids is 1. The highest BCUT2D eigenvalue weighted by molar-refractivity contribution is 5.78. The van der Waals surface area contributed by atoms with Crippen LogP contribution in [0, 0.1) is 5.92 Å². The topological polar surface area (TPSA) is 38.3 Å². The van der Waals surface area contributed by atoms with Crippen LogP contribution in [0.1, 0.15) is 58.6 Å². The summed E-state index contributed by atoms with van der Waals surface area (Å²) in [6, 6.07) is 8.09. The van der Waals surface area contributed by atoms with Gasteiger partial charge in [0, 0.05) is 17.9 Å². The summed E-state index contributed by atoms with van der Waals surface area (Å²) in [7, 11) is 0. The van der Waals surface area contributed by atoms with E-state index in [0.717, 1.165) is 30.6 Å². The zero-order valence-electron chi connectivity index (χ0n) is 12.9. The van der Waals surface area contributed by atoms with E-state index in [1.165, 1.54) is 0 Å². The van der Waals surface area contributed by atoms with Crippen molar-refractivity contribution in [1.29, 1.82) is 0 Å². The molecule has 0 saturated carbocycles.